The Hall–Kier alpha value is -3.54. The molecule has 1 aromatic carbocycles. The zero-order valence-corrected chi connectivity index (χ0v) is 17.7. The normalized spacial score (nSPS) is 12.1. The van der Waals surface area contributed by atoms with Gasteiger partial charge in [-0.3, -0.25) is 14.5 Å². The van der Waals surface area contributed by atoms with E-state index in [0.717, 1.165) is 45.3 Å². The number of aromatic nitrogens is 4. The largest absolute Gasteiger partial charge is 0.349 e. The maximum Gasteiger partial charge on any atom is 0.252 e. The summed E-state index contributed by atoms with van der Waals surface area (Å²) in [6.45, 7) is 6.07. The van der Waals surface area contributed by atoms with Gasteiger partial charge in [-0.15, -0.1) is 0 Å². The van der Waals surface area contributed by atoms with Crippen LogP contribution in [0.4, 0.5) is 0 Å². The number of rotatable bonds is 5. The molecule has 6 heteroatoms. The number of fused-ring (bicyclic) bond motifs is 1. The Morgan fingerprint density at radius 2 is 2.03 bits per heavy atom. The van der Waals surface area contributed by atoms with Crippen molar-refractivity contribution < 1.29 is 4.79 Å². The zero-order chi connectivity index (χ0) is 21.3. The summed E-state index contributed by atoms with van der Waals surface area (Å²) in [5, 5.41) is 8.28. The number of hydrogen-bond donors (Lipinski definition) is 1. The molecule has 1 amide bonds. The van der Waals surface area contributed by atoms with Crippen LogP contribution < -0.4 is 5.32 Å². The lowest BCUT2D eigenvalue weighted by molar-refractivity contribution is 0.0941. The van der Waals surface area contributed by atoms with E-state index in [1.54, 1.807) is 17.1 Å². The summed E-state index contributed by atoms with van der Waals surface area (Å²) >= 11 is 0. The summed E-state index contributed by atoms with van der Waals surface area (Å²) in [5.74, 6) is -0.101. The van der Waals surface area contributed by atoms with E-state index in [0.29, 0.717) is 5.56 Å². The zero-order valence-electron chi connectivity index (χ0n) is 17.7. The second-order valence-corrected chi connectivity index (χ2v) is 7.87. The molecule has 3 aromatic heterocycles. The van der Waals surface area contributed by atoms with Crippen molar-refractivity contribution in [1.29, 1.82) is 0 Å². The molecule has 1 atom stereocenters. The minimum atomic E-state index is -0.101. The van der Waals surface area contributed by atoms with E-state index in [9.17, 15) is 4.79 Å². The highest BCUT2D eigenvalue weighted by molar-refractivity contribution is 6.08. The average Bonchev–Trinajstić information content (AvgIpc) is 3.13. The molecule has 4 rings (SSSR count). The molecule has 0 radical (unpaired) electrons. The van der Waals surface area contributed by atoms with Crippen molar-refractivity contribution in [3.8, 4) is 11.3 Å². The molecule has 0 aliphatic heterocycles. The molecule has 3 heterocycles. The Morgan fingerprint density at radius 1 is 1.20 bits per heavy atom. The maximum absolute atomic E-state index is 13.3. The summed E-state index contributed by atoms with van der Waals surface area (Å²) < 4.78 is 1.73. The maximum atomic E-state index is 13.3. The standard InChI is InChI=1S/C24H25N5O/c1-15-8-16(2)23-20(24(30)27-17(3)10-18-6-5-7-25-12-18)11-21(28-22(23)9-15)19-13-26-29(4)14-19/h5-9,11-14,17H,10H2,1-4H3,(H,27,30)/t17-/m0/s1. The molecular formula is C24H25N5O. The first-order valence-electron chi connectivity index (χ1n) is 10.0. The van der Waals surface area contributed by atoms with Crippen LogP contribution in [0.2, 0.25) is 0 Å². The van der Waals surface area contributed by atoms with Gasteiger partial charge in [-0.1, -0.05) is 12.1 Å². The number of carbonyl (C=O) groups excluding carboxylic acids is 1. The fourth-order valence-electron chi connectivity index (χ4n) is 3.86. The average molecular weight is 399 g/mol. The SMILES string of the molecule is Cc1cc(C)c2c(C(=O)N[C@@H](C)Cc3cccnc3)cc(-c3cnn(C)c3)nc2c1. The second-order valence-electron chi connectivity index (χ2n) is 7.87. The number of nitrogens with zero attached hydrogens (tertiary/aromatic N) is 4. The van der Waals surface area contributed by atoms with E-state index < -0.39 is 0 Å². The molecule has 0 saturated heterocycles. The first-order chi connectivity index (χ1) is 14.4. The molecule has 4 aromatic rings. The first-order valence-corrected chi connectivity index (χ1v) is 10.0. The minimum absolute atomic E-state index is 0.0301. The van der Waals surface area contributed by atoms with E-state index in [1.807, 2.05) is 64.5 Å². The van der Waals surface area contributed by atoms with Crippen LogP contribution in [0.25, 0.3) is 22.2 Å². The number of pyridine rings is 2. The van der Waals surface area contributed by atoms with Gasteiger partial charge in [0, 0.05) is 42.6 Å². The van der Waals surface area contributed by atoms with Gasteiger partial charge in [-0.05, 0) is 62.1 Å². The first kappa shape index (κ1) is 19.8. The van der Waals surface area contributed by atoms with Crippen molar-refractivity contribution in [2.45, 2.75) is 33.2 Å². The molecule has 152 valence electrons. The summed E-state index contributed by atoms with van der Waals surface area (Å²) in [6, 6.07) is 9.88. The van der Waals surface area contributed by atoms with Crippen molar-refractivity contribution in [1.82, 2.24) is 25.1 Å². The van der Waals surface area contributed by atoms with Crippen LogP contribution in [0.15, 0.2) is 55.1 Å². The lowest BCUT2D eigenvalue weighted by Crippen LogP contribution is -2.34. The molecular weight excluding hydrogens is 374 g/mol. The monoisotopic (exact) mass is 399 g/mol. The van der Waals surface area contributed by atoms with Crippen molar-refractivity contribution in [2.75, 3.05) is 0 Å². The van der Waals surface area contributed by atoms with Gasteiger partial charge in [0.25, 0.3) is 5.91 Å². The molecule has 0 bridgehead atoms. The Balaban J connectivity index is 1.73. The number of hydrogen-bond acceptors (Lipinski definition) is 4. The molecule has 1 N–H and O–H groups in total. The van der Waals surface area contributed by atoms with Crippen LogP contribution in [0, 0.1) is 13.8 Å². The Labute approximate surface area is 176 Å². The van der Waals surface area contributed by atoms with Crippen LogP contribution in [0.3, 0.4) is 0 Å². The van der Waals surface area contributed by atoms with Gasteiger partial charge in [-0.25, -0.2) is 4.98 Å². The number of aryl methyl sites for hydroxylation is 3. The third-order valence-corrected chi connectivity index (χ3v) is 5.14. The Morgan fingerprint density at radius 3 is 2.73 bits per heavy atom. The molecule has 0 unspecified atom stereocenters. The van der Waals surface area contributed by atoms with Gasteiger partial charge in [0.05, 0.1) is 23.0 Å². The highest BCUT2D eigenvalue weighted by Crippen LogP contribution is 2.28. The number of nitrogens with one attached hydrogen (secondary N) is 1. The van der Waals surface area contributed by atoms with Crippen LogP contribution in [-0.2, 0) is 13.5 Å². The van der Waals surface area contributed by atoms with Gasteiger partial charge < -0.3 is 5.32 Å². The van der Waals surface area contributed by atoms with E-state index >= 15 is 0 Å². The van der Waals surface area contributed by atoms with E-state index in [4.69, 9.17) is 4.98 Å². The summed E-state index contributed by atoms with van der Waals surface area (Å²) in [7, 11) is 1.87. The fraction of sp³-hybridized carbons (Fsp3) is 0.250. The Kier molecular flexibility index (Phi) is 5.31. The van der Waals surface area contributed by atoms with Crippen LogP contribution in [0.5, 0.6) is 0 Å². The third-order valence-electron chi connectivity index (χ3n) is 5.14. The van der Waals surface area contributed by atoms with Crippen LogP contribution >= 0.6 is 0 Å². The van der Waals surface area contributed by atoms with Gasteiger partial charge in [0.15, 0.2) is 0 Å². The smallest absolute Gasteiger partial charge is 0.252 e. The highest BCUT2D eigenvalue weighted by atomic mass is 16.1. The Bertz CT molecular complexity index is 1210. The van der Waals surface area contributed by atoms with E-state index in [2.05, 4.69) is 21.5 Å². The topological polar surface area (TPSA) is 72.7 Å². The predicted molar refractivity (Wildman–Crippen MR) is 118 cm³/mol. The van der Waals surface area contributed by atoms with Gasteiger partial charge in [-0.2, -0.15) is 5.10 Å². The fourth-order valence-corrected chi connectivity index (χ4v) is 3.86. The van der Waals surface area contributed by atoms with Gasteiger partial charge in [0.1, 0.15) is 0 Å². The minimum Gasteiger partial charge on any atom is -0.349 e. The lowest BCUT2D eigenvalue weighted by Gasteiger charge is -2.16. The van der Waals surface area contributed by atoms with E-state index in [-0.39, 0.29) is 11.9 Å². The molecule has 0 fully saturated rings. The van der Waals surface area contributed by atoms with E-state index in [1.165, 1.54) is 0 Å². The second kappa shape index (κ2) is 8.06. The number of amides is 1. The van der Waals surface area contributed by atoms with Crippen molar-refractivity contribution >= 4 is 16.8 Å². The lowest BCUT2D eigenvalue weighted by atomic mass is 9.98. The van der Waals surface area contributed by atoms with Crippen molar-refractivity contribution in [3.63, 3.8) is 0 Å². The third kappa shape index (κ3) is 4.08. The van der Waals surface area contributed by atoms with Crippen molar-refractivity contribution in [3.05, 3.63) is 77.4 Å². The number of carbonyl (C=O) groups is 1. The molecule has 0 aliphatic rings. The quantitative estimate of drug-likeness (QED) is 0.550. The molecule has 6 nitrogen and oxygen atoms in total. The summed E-state index contributed by atoms with van der Waals surface area (Å²) in [4.78, 5) is 22.3. The highest BCUT2D eigenvalue weighted by Gasteiger charge is 2.18. The predicted octanol–water partition coefficient (Wildman–Crippen LogP) is 4.01. The molecule has 0 saturated carbocycles. The summed E-state index contributed by atoms with van der Waals surface area (Å²) in [5.41, 5.74) is 6.33. The number of benzene rings is 1. The van der Waals surface area contributed by atoms with Gasteiger partial charge in [0.2, 0.25) is 0 Å². The van der Waals surface area contributed by atoms with Crippen LogP contribution in [-0.4, -0.2) is 31.7 Å². The molecule has 0 aliphatic carbocycles. The van der Waals surface area contributed by atoms with Gasteiger partial charge >= 0.3 is 0 Å². The van der Waals surface area contributed by atoms with Crippen LogP contribution in [0.1, 0.15) is 34.0 Å². The molecule has 0 spiro atoms. The van der Waals surface area contributed by atoms with Crippen molar-refractivity contribution in [2.24, 2.45) is 7.05 Å². The summed E-state index contributed by atoms with van der Waals surface area (Å²) in [6.07, 6.45) is 7.97. The molecule has 30 heavy (non-hydrogen) atoms.